The molecule has 19 heavy (non-hydrogen) atoms. The smallest absolute Gasteiger partial charge is 0.146 e. The molecule has 0 N–H and O–H groups in total. The van der Waals surface area contributed by atoms with Crippen LogP contribution < -0.4 is 0 Å². The van der Waals surface area contributed by atoms with Crippen molar-refractivity contribution >= 4 is 0 Å². The Morgan fingerprint density at radius 2 is 1.84 bits per heavy atom. The summed E-state index contributed by atoms with van der Waals surface area (Å²) in [6.07, 6.45) is 5.55. The van der Waals surface area contributed by atoms with Crippen LogP contribution in [0.4, 0.5) is 0 Å². The summed E-state index contributed by atoms with van der Waals surface area (Å²) in [5.41, 5.74) is 4.55. The SMILES string of the molecule is CC1CCc2c(c3c(n2[O-])CCC3)CC2C(C)[N+]12[O-]. The Morgan fingerprint density at radius 3 is 2.63 bits per heavy atom. The maximum absolute atomic E-state index is 12.8. The highest BCUT2D eigenvalue weighted by Gasteiger charge is 2.60. The molecule has 104 valence electrons. The van der Waals surface area contributed by atoms with E-state index >= 15 is 0 Å². The van der Waals surface area contributed by atoms with Crippen molar-refractivity contribution in [1.29, 1.82) is 0 Å². The number of quaternary nitrogens is 1. The monoisotopic (exact) mass is 261 g/mol. The maximum atomic E-state index is 12.8. The lowest BCUT2D eigenvalue weighted by Gasteiger charge is -2.34. The van der Waals surface area contributed by atoms with Crippen LogP contribution in [0.5, 0.6) is 0 Å². The van der Waals surface area contributed by atoms with Crippen LogP contribution in [0.2, 0.25) is 0 Å². The number of fused-ring (bicyclic) bond motifs is 4. The first-order valence-electron chi connectivity index (χ1n) is 7.56. The summed E-state index contributed by atoms with van der Waals surface area (Å²) in [5, 5.41) is 25.2. The molecule has 3 aliphatic rings. The van der Waals surface area contributed by atoms with Crippen molar-refractivity contribution in [1.82, 2.24) is 4.73 Å². The topological polar surface area (TPSA) is 51.0 Å². The van der Waals surface area contributed by atoms with Crippen molar-refractivity contribution in [2.24, 2.45) is 0 Å². The lowest BCUT2D eigenvalue weighted by molar-refractivity contribution is -0.799. The zero-order chi connectivity index (χ0) is 13.4. The maximum Gasteiger partial charge on any atom is 0.146 e. The average molecular weight is 261 g/mol. The van der Waals surface area contributed by atoms with E-state index < -0.39 is 0 Å². The molecule has 4 atom stereocenters. The molecule has 0 spiro atoms. The molecule has 1 fully saturated rings. The zero-order valence-corrected chi connectivity index (χ0v) is 11.7. The van der Waals surface area contributed by atoms with Crippen LogP contribution in [0.3, 0.4) is 0 Å². The molecule has 1 aromatic heterocycles. The summed E-state index contributed by atoms with van der Waals surface area (Å²) in [5.74, 6) is 0. The van der Waals surface area contributed by atoms with Crippen LogP contribution >= 0.6 is 0 Å². The first-order valence-corrected chi connectivity index (χ1v) is 7.56. The van der Waals surface area contributed by atoms with Gasteiger partial charge in [-0.1, -0.05) is 0 Å². The summed E-state index contributed by atoms with van der Waals surface area (Å²) >= 11 is 0. The predicted molar refractivity (Wildman–Crippen MR) is 73.6 cm³/mol. The van der Waals surface area contributed by atoms with Gasteiger partial charge in [0.1, 0.15) is 12.1 Å². The Balaban J connectivity index is 1.80. The van der Waals surface area contributed by atoms with Crippen LogP contribution in [0, 0.1) is 10.4 Å². The molecule has 4 heteroatoms. The number of hydrogen-bond acceptors (Lipinski definition) is 2. The lowest BCUT2D eigenvalue weighted by Crippen LogP contribution is -2.35. The van der Waals surface area contributed by atoms with E-state index in [1.54, 1.807) is 0 Å². The minimum Gasteiger partial charge on any atom is -0.806 e. The van der Waals surface area contributed by atoms with E-state index in [0.29, 0.717) is 0 Å². The van der Waals surface area contributed by atoms with Gasteiger partial charge in [-0.2, -0.15) is 0 Å². The summed E-state index contributed by atoms with van der Waals surface area (Å²) in [6.45, 7) is 4.13. The molecule has 2 aliphatic heterocycles. The third-order valence-electron chi connectivity index (χ3n) is 5.91. The highest BCUT2D eigenvalue weighted by Crippen LogP contribution is 2.47. The van der Waals surface area contributed by atoms with E-state index in [1.807, 2.05) is 0 Å². The third kappa shape index (κ3) is 1.31. The number of hydrogen-bond donors (Lipinski definition) is 0. The number of rotatable bonds is 0. The van der Waals surface area contributed by atoms with Crippen LogP contribution in [0.15, 0.2) is 0 Å². The molecule has 0 aromatic carbocycles. The molecule has 0 saturated carbocycles. The van der Waals surface area contributed by atoms with Gasteiger partial charge in [-0.25, -0.2) is 0 Å². The molecule has 4 unspecified atom stereocenters. The molecular weight excluding hydrogens is 240 g/mol. The Bertz CT molecular complexity index is 551. The molecule has 1 aliphatic carbocycles. The van der Waals surface area contributed by atoms with Crippen molar-refractivity contribution in [3.8, 4) is 0 Å². The summed E-state index contributed by atoms with van der Waals surface area (Å²) in [6, 6.07) is 0.548. The Labute approximate surface area is 113 Å². The van der Waals surface area contributed by atoms with Gasteiger partial charge in [0.05, 0.1) is 6.04 Å². The molecule has 1 saturated heterocycles. The minimum atomic E-state index is -0.0156. The third-order valence-corrected chi connectivity index (χ3v) is 5.91. The van der Waals surface area contributed by atoms with E-state index in [2.05, 4.69) is 13.8 Å². The summed E-state index contributed by atoms with van der Waals surface area (Å²) in [7, 11) is 0. The van der Waals surface area contributed by atoms with Crippen molar-refractivity contribution in [3.63, 3.8) is 0 Å². The van der Waals surface area contributed by atoms with Gasteiger partial charge < -0.3 is 19.8 Å². The first-order chi connectivity index (χ1) is 9.05. The van der Waals surface area contributed by atoms with E-state index in [9.17, 15) is 10.4 Å². The van der Waals surface area contributed by atoms with Gasteiger partial charge in [-0.3, -0.25) is 0 Å². The fraction of sp³-hybridized carbons (Fsp3) is 0.733. The second-order valence-electron chi connectivity index (χ2n) is 6.66. The number of aromatic nitrogens is 1. The largest absolute Gasteiger partial charge is 0.806 e. The van der Waals surface area contributed by atoms with Crippen molar-refractivity contribution < 1.29 is 4.65 Å². The predicted octanol–water partition coefficient (Wildman–Crippen LogP) is 2.29. The van der Waals surface area contributed by atoms with Gasteiger partial charge in [0.2, 0.25) is 0 Å². The standard InChI is InChI=1S/C15H21N2O2/c1-9-6-7-14-12(8-15-10(2)17(9,15)19)11-4-3-5-13(11)16(14)18/h9-10,15H,3-8H2,1-2H3/q-1. The van der Waals surface area contributed by atoms with Crippen molar-refractivity contribution in [2.45, 2.75) is 70.5 Å². The summed E-state index contributed by atoms with van der Waals surface area (Å²) < 4.78 is 1.19. The fourth-order valence-corrected chi connectivity index (χ4v) is 4.60. The fourth-order valence-electron chi connectivity index (χ4n) is 4.60. The van der Waals surface area contributed by atoms with E-state index in [4.69, 9.17) is 0 Å². The average Bonchev–Trinajstić information content (AvgIpc) is 2.77. The second-order valence-corrected chi connectivity index (χ2v) is 6.66. The van der Waals surface area contributed by atoms with Gasteiger partial charge in [-0.05, 0) is 50.7 Å². The summed E-state index contributed by atoms with van der Waals surface area (Å²) in [4.78, 5) is 0. The van der Waals surface area contributed by atoms with Gasteiger partial charge in [-0.15, -0.1) is 0 Å². The van der Waals surface area contributed by atoms with Gasteiger partial charge in [0.25, 0.3) is 0 Å². The number of nitrogens with zero attached hydrogens (tertiary/aromatic N) is 2. The van der Waals surface area contributed by atoms with Crippen molar-refractivity contribution in [2.75, 3.05) is 0 Å². The van der Waals surface area contributed by atoms with Gasteiger partial charge in [0.15, 0.2) is 0 Å². The molecule has 4 rings (SSSR count). The molecule has 1 aromatic rings. The Kier molecular flexibility index (Phi) is 2.21. The van der Waals surface area contributed by atoms with E-state index in [1.165, 1.54) is 15.9 Å². The number of hydroxylamine groups is 3. The normalized spacial score (nSPS) is 40.1. The van der Waals surface area contributed by atoms with Crippen LogP contribution in [0.25, 0.3) is 0 Å². The molecule has 0 radical (unpaired) electrons. The zero-order valence-electron chi connectivity index (χ0n) is 11.7. The minimum absolute atomic E-state index is 0.0156. The molecule has 4 nitrogen and oxygen atoms in total. The highest BCUT2D eigenvalue weighted by atomic mass is 16.6. The molecule has 0 bridgehead atoms. The van der Waals surface area contributed by atoms with Crippen LogP contribution in [-0.4, -0.2) is 27.5 Å². The molecule has 3 heterocycles. The quantitative estimate of drug-likeness (QED) is 0.409. The van der Waals surface area contributed by atoms with Crippen LogP contribution in [-0.2, 0) is 25.7 Å². The molecule has 0 amide bonds. The first kappa shape index (κ1) is 11.8. The van der Waals surface area contributed by atoms with Crippen LogP contribution in [0.1, 0.15) is 49.2 Å². The second kappa shape index (κ2) is 3.55. The Morgan fingerprint density at radius 1 is 1.11 bits per heavy atom. The van der Waals surface area contributed by atoms with Gasteiger partial charge in [0, 0.05) is 24.2 Å². The van der Waals surface area contributed by atoms with E-state index in [0.717, 1.165) is 49.9 Å². The Hall–Kier alpha value is -1.00. The highest BCUT2D eigenvalue weighted by molar-refractivity contribution is 5.43. The lowest BCUT2D eigenvalue weighted by atomic mass is 9.98. The van der Waals surface area contributed by atoms with E-state index in [-0.39, 0.29) is 22.8 Å². The van der Waals surface area contributed by atoms with Crippen molar-refractivity contribution in [3.05, 3.63) is 32.9 Å². The molecular formula is C15H21N2O2-. The van der Waals surface area contributed by atoms with Gasteiger partial charge >= 0.3 is 0 Å².